The first-order valence-corrected chi connectivity index (χ1v) is 6.19. The van der Waals surface area contributed by atoms with E-state index in [1.807, 2.05) is 18.2 Å². The molecule has 0 amide bonds. The number of nitrogens with zero attached hydrogens (tertiary/aromatic N) is 1. The number of rotatable bonds is 4. The lowest BCUT2D eigenvalue weighted by Crippen LogP contribution is -2.43. The zero-order chi connectivity index (χ0) is 12.1. The molecule has 1 aromatic carbocycles. The van der Waals surface area contributed by atoms with Gasteiger partial charge in [-0.1, -0.05) is 37.3 Å². The van der Waals surface area contributed by atoms with Crippen LogP contribution in [0.3, 0.4) is 0 Å². The van der Waals surface area contributed by atoms with Gasteiger partial charge >= 0.3 is 0 Å². The van der Waals surface area contributed by atoms with Crippen molar-refractivity contribution in [2.24, 2.45) is 10.8 Å². The molecule has 1 unspecified atom stereocenters. The predicted molar refractivity (Wildman–Crippen MR) is 70.4 cm³/mol. The number of guanidine groups is 1. The van der Waals surface area contributed by atoms with Crippen LogP contribution >= 0.6 is 0 Å². The van der Waals surface area contributed by atoms with Gasteiger partial charge in [-0.05, 0) is 24.8 Å². The second-order valence-corrected chi connectivity index (χ2v) is 4.37. The third kappa shape index (κ3) is 3.46. The molecule has 0 bridgehead atoms. The van der Waals surface area contributed by atoms with Gasteiger partial charge in [0.2, 0.25) is 5.96 Å². The molecule has 1 saturated carbocycles. The molecule has 1 aromatic rings. The SMILES string of the molecule is CCC(NC(=NC1CC1)NN)c1ccccc1. The van der Waals surface area contributed by atoms with Gasteiger partial charge in [-0.2, -0.15) is 0 Å². The zero-order valence-electron chi connectivity index (χ0n) is 10.2. The van der Waals surface area contributed by atoms with Crippen molar-refractivity contribution in [1.82, 2.24) is 10.7 Å². The van der Waals surface area contributed by atoms with Crippen LogP contribution in [0.1, 0.15) is 37.8 Å². The van der Waals surface area contributed by atoms with Gasteiger partial charge in [0.25, 0.3) is 0 Å². The number of hydrogen-bond donors (Lipinski definition) is 3. The van der Waals surface area contributed by atoms with Gasteiger partial charge in [0.15, 0.2) is 0 Å². The van der Waals surface area contributed by atoms with Gasteiger partial charge in [0.05, 0.1) is 12.1 Å². The van der Waals surface area contributed by atoms with Crippen LogP contribution in [0.4, 0.5) is 0 Å². The molecule has 1 atom stereocenters. The summed E-state index contributed by atoms with van der Waals surface area (Å²) in [4.78, 5) is 4.49. The lowest BCUT2D eigenvalue weighted by Gasteiger charge is -2.19. The van der Waals surface area contributed by atoms with Crippen LogP contribution in [0.25, 0.3) is 0 Å². The van der Waals surface area contributed by atoms with Crippen LogP contribution in [0, 0.1) is 0 Å². The Hall–Kier alpha value is -1.55. The maximum Gasteiger partial charge on any atom is 0.206 e. The number of hydrogen-bond acceptors (Lipinski definition) is 2. The summed E-state index contributed by atoms with van der Waals surface area (Å²) < 4.78 is 0. The Balaban J connectivity index is 2.03. The fourth-order valence-electron chi connectivity index (χ4n) is 1.77. The maximum absolute atomic E-state index is 5.49. The van der Waals surface area contributed by atoms with Gasteiger partial charge in [-0.15, -0.1) is 0 Å². The van der Waals surface area contributed by atoms with Crippen molar-refractivity contribution in [1.29, 1.82) is 0 Å². The molecule has 2 rings (SSSR count). The highest BCUT2D eigenvalue weighted by molar-refractivity contribution is 5.80. The Labute approximate surface area is 102 Å². The smallest absolute Gasteiger partial charge is 0.206 e. The van der Waals surface area contributed by atoms with Crippen molar-refractivity contribution < 1.29 is 0 Å². The summed E-state index contributed by atoms with van der Waals surface area (Å²) in [6.45, 7) is 2.15. The average molecular weight is 232 g/mol. The van der Waals surface area contributed by atoms with E-state index < -0.39 is 0 Å². The Kier molecular flexibility index (Phi) is 3.98. The van der Waals surface area contributed by atoms with Gasteiger partial charge < -0.3 is 5.32 Å². The highest BCUT2D eigenvalue weighted by Crippen LogP contribution is 2.23. The molecule has 4 heteroatoms. The minimum atomic E-state index is 0.254. The standard InChI is InChI=1S/C13H20N4/c1-2-12(10-6-4-3-5-7-10)16-13(17-14)15-11-8-9-11/h3-7,11-12H,2,8-9,14H2,1H3,(H2,15,16,17). The molecular weight excluding hydrogens is 212 g/mol. The van der Waals surface area contributed by atoms with Crippen LogP contribution < -0.4 is 16.6 Å². The van der Waals surface area contributed by atoms with Crippen molar-refractivity contribution in [3.63, 3.8) is 0 Å². The lowest BCUT2D eigenvalue weighted by molar-refractivity contribution is 0.609. The summed E-state index contributed by atoms with van der Waals surface area (Å²) in [5.74, 6) is 6.18. The van der Waals surface area contributed by atoms with Crippen molar-refractivity contribution in [2.75, 3.05) is 0 Å². The Morgan fingerprint density at radius 3 is 2.65 bits per heavy atom. The van der Waals surface area contributed by atoms with Crippen molar-refractivity contribution in [2.45, 2.75) is 38.3 Å². The Bertz CT molecular complexity index is 370. The van der Waals surface area contributed by atoms with Crippen LogP contribution in [-0.2, 0) is 0 Å². The van der Waals surface area contributed by atoms with Crippen LogP contribution in [0.5, 0.6) is 0 Å². The normalized spacial score (nSPS) is 17.6. The van der Waals surface area contributed by atoms with E-state index in [9.17, 15) is 0 Å². The molecule has 1 aliphatic rings. The van der Waals surface area contributed by atoms with Gasteiger partial charge in [-0.25, -0.2) is 10.8 Å². The number of hydrazine groups is 1. The van der Waals surface area contributed by atoms with E-state index >= 15 is 0 Å². The molecule has 17 heavy (non-hydrogen) atoms. The third-order valence-corrected chi connectivity index (χ3v) is 2.92. The number of aliphatic imine (C=N–C) groups is 1. The predicted octanol–water partition coefficient (Wildman–Crippen LogP) is 1.71. The van der Waals surface area contributed by atoms with Crippen molar-refractivity contribution in [3.8, 4) is 0 Å². The monoisotopic (exact) mass is 232 g/mol. The van der Waals surface area contributed by atoms with E-state index in [-0.39, 0.29) is 6.04 Å². The van der Waals surface area contributed by atoms with Gasteiger partial charge in [0, 0.05) is 0 Å². The summed E-state index contributed by atoms with van der Waals surface area (Å²) >= 11 is 0. The summed E-state index contributed by atoms with van der Waals surface area (Å²) in [6.07, 6.45) is 3.35. The quantitative estimate of drug-likeness (QED) is 0.320. The molecule has 1 aliphatic carbocycles. The minimum absolute atomic E-state index is 0.254. The summed E-state index contributed by atoms with van der Waals surface area (Å²) in [5, 5.41) is 3.35. The third-order valence-electron chi connectivity index (χ3n) is 2.92. The molecule has 4 nitrogen and oxygen atoms in total. The molecular formula is C13H20N4. The molecule has 0 radical (unpaired) electrons. The molecule has 92 valence electrons. The van der Waals surface area contributed by atoms with Crippen molar-refractivity contribution in [3.05, 3.63) is 35.9 Å². The van der Waals surface area contributed by atoms with E-state index in [0.29, 0.717) is 12.0 Å². The number of benzene rings is 1. The highest BCUT2D eigenvalue weighted by atomic mass is 15.3. The molecule has 0 aromatic heterocycles. The highest BCUT2D eigenvalue weighted by Gasteiger charge is 2.21. The van der Waals surface area contributed by atoms with Gasteiger partial charge in [0.1, 0.15) is 0 Å². The summed E-state index contributed by atoms with van der Waals surface area (Å²) in [6, 6.07) is 11.1. The topological polar surface area (TPSA) is 62.4 Å². The lowest BCUT2D eigenvalue weighted by atomic mass is 10.1. The molecule has 4 N–H and O–H groups in total. The summed E-state index contributed by atoms with van der Waals surface area (Å²) in [7, 11) is 0. The largest absolute Gasteiger partial charge is 0.349 e. The van der Waals surface area contributed by atoms with Crippen LogP contribution in [0.2, 0.25) is 0 Å². The Morgan fingerprint density at radius 2 is 2.12 bits per heavy atom. The number of nitrogens with two attached hydrogens (primary N) is 1. The first-order valence-electron chi connectivity index (χ1n) is 6.19. The van der Waals surface area contributed by atoms with Crippen molar-refractivity contribution >= 4 is 5.96 Å². The molecule has 0 aliphatic heterocycles. The first-order chi connectivity index (χ1) is 8.33. The number of nitrogens with one attached hydrogen (secondary N) is 2. The average Bonchev–Trinajstić information content (AvgIpc) is 3.19. The van der Waals surface area contributed by atoms with E-state index in [0.717, 1.165) is 6.42 Å². The zero-order valence-corrected chi connectivity index (χ0v) is 10.2. The fourth-order valence-corrected chi connectivity index (χ4v) is 1.77. The fraction of sp³-hybridized carbons (Fsp3) is 0.462. The molecule has 1 fully saturated rings. The molecule has 0 heterocycles. The summed E-state index contributed by atoms with van der Waals surface area (Å²) in [5.41, 5.74) is 3.90. The first kappa shape index (κ1) is 11.9. The molecule has 0 saturated heterocycles. The van der Waals surface area contributed by atoms with Crippen LogP contribution in [-0.4, -0.2) is 12.0 Å². The minimum Gasteiger partial charge on any atom is -0.349 e. The second kappa shape index (κ2) is 5.68. The Morgan fingerprint density at radius 1 is 1.41 bits per heavy atom. The maximum atomic E-state index is 5.49. The molecule has 0 spiro atoms. The van der Waals surface area contributed by atoms with E-state index in [2.05, 4.69) is 34.8 Å². The van der Waals surface area contributed by atoms with E-state index in [1.54, 1.807) is 0 Å². The van der Waals surface area contributed by atoms with E-state index in [4.69, 9.17) is 5.84 Å². The van der Waals surface area contributed by atoms with Gasteiger partial charge in [-0.3, -0.25) is 5.43 Å². The van der Waals surface area contributed by atoms with Crippen LogP contribution in [0.15, 0.2) is 35.3 Å². The van der Waals surface area contributed by atoms with E-state index in [1.165, 1.54) is 18.4 Å². The second-order valence-electron chi connectivity index (χ2n) is 4.37.